The fourth-order valence-electron chi connectivity index (χ4n) is 1.38. The maximum absolute atomic E-state index is 13.3. The minimum absolute atomic E-state index is 0.238. The summed E-state index contributed by atoms with van der Waals surface area (Å²) < 4.78 is 74.8. The van der Waals surface area contributed by atoms with Gasteiger partial charge in [0.25, 0.3) is 0 Å². The number of halogens is 4. The summed E-state index contributed by atoms with van der Waals surface area (Å²) in [6.45, 7) is 1.54. The molecule has 3 nitrogen and oxygen atoms in total. The molecular weight excluding hydrogens is 262 g/mol. The molecule has 17 heavy (non-hydrogen) atoms. The molecule has 0 heterocycles. The van der Waals surface area contributed by atoms with Crippen molar-refractivity contribution in [3.63, 3.8) is 0 Å². The van der Waals surface area contributed by atoms with Crippen LogP contribution in [0.3, 0.4) is 0 Å². The summed E-state index contributed by atoms with van der Waals surface area (Å²) in [5.41, 5.74) is -0.824. The summed E-state index contributed by atoms with van der Waals surface area (Å²) in [6, 6.07) is 0. The van der Waals surface area contributed by atoms with E-state index in [2.05, 4.69) is 5.14 Å². The molecule has 0 aliphatic heterocycles. The highest BCUT2D eigenvalue weighted by Crippen LogP contribution is 2.27. The quantitative estimate of drug-likeness (QED) is 0.673. The van der Waals surface area contributed by atoms with Gasteiger partial charge in [-0.05, 0) is 6.42 Å². The van der Waals surface area contributed by atoms with E-state index in [0.29, 0.717) is 0 Å². The van der Waals surface area contributed by atoms with Gasteiger partial charge in [-0.1, -0.05) is 13.3 Å². The average Bonchev–Trinajstić information content (AvgIpc) is 2.20. The molecule has 0 atom stereocenters. The molecule has 0 aliphatic carbocycles. The number of nitrogens with two attached hydrogens (primary N) is 1. The van der Waals surface area contributed by atoms with Crippen LogP contribution in [-0.4, -0.2) is 8.42 Å². The topological polar surface area (TPSA) is 60.2 Å². The van der Waals surface area contributed by atoms with E-state index in [1.54, 1.807) is 6.92 Å². The minimum atomic E-state index is -4.87. The highest BCUT2D eigenvalue weighted by atomic mass is 32.2. The SMILES string of the molecule is CCCc1c(F)c(F)c(S(N)(=O)=O)c(F)c1F. The van der Waals surface area contributed by atoms with Crippen molar-refractivity contribution in [2.75, 3.05) is 0 Å². The van der Waals surface area contributed by atoms with E-state index in [9.17, 15) is 26.0 Å². The van der Waals surface area contributed by atoms with E-state index in [0.717, 1.165) is 0 Å². The Labute approximate surface area is 95.3 Å². The second-order valence-electron chi connectivity index (χ2n) is 3.36. The molecular formula is C9H9F4NO2S. The molecule has 1 rings (SSSR count). The Kier molecular flexibility index (Phi) is 3.78. The van der Waals surface area contributed by atoms with Gasteiger partial charge in [-0.15, -0.1) is 0 Å². The molecule has 0 spiro atoms. The van der Waals surface area contributed by atoms with Crippen LogP contribution in [0.1, 0.15) is 18.9 Å². The summed E-state index contributed by atoms with van der Waals surface area (Å²) in [4.78, 5) is -1.78. The molecule has 96 valence electrons. The van der Waals surface area contributed by atoms with Crippen molar-refractivity contribution in [2.45, 2.75) is 24.7 Å². The summed E-state index contributed by atoms with van der Waals surface area (Å²) in [6.07, 6.45) is -0.0160. The van der Waals surface area contributed by atoms with Crippen LogP contribution >= 0.6 is 0 Å². The Morgan fingerprint density at radius 3 is 1.71 bits per heavy atom. The lowest BCUT2D eigenvalue weighted by molar-refractivity contribution is 0.406. The van der Waals surface area contributed by atoms with Crippen LogP contribution in [-0.2, 0) is 16.4 Å². The van der Waals surface area contributed by atoms with Crippen molar-refractivity contribution in [3.8, 4) is 0 Å². The second-order valence-corrected chi connectivity index (χ2v) is 4.86. The number of primary sulfonamides is 1. The molecule has 0 amide bonds. The van der Waals surface area contributed by atoms with Gasteiger partial charge in [0, 0.05) is 5.56 Å². The Balaban J connectivity index is 3.71. The van der Waals surface area contributed by atoms with Gasteiger partial charge in [0.15, 0.2) is 28.2 Å². The maximum atomic E-state index is 13.3. The first-order valence-electron chi connectivity index (χ1n) is 4.59. The lowest BCUT2D eigenvalue weighted by Crippen LogP contribution is -2.19. The first kappa shape index (κ1) is 13.9. The second kappa shape index (κ2) is 4.61. The Bertz CT molecular complexity index is 528. The third-order valence-corrected chi connectivity index (χ3v) is 3.03. The van der Waals surface area contributed by atoms with Crippen molar-refractivity contribution in [3.05, 3.63) is 28.8 Å². The van der Waals surface area contributed by atoms with Gasteiger partial charge in [0.2, 0.25) is 10.0 Å². The molecule has 0 aliphatic rings. The standard InChI is InChI=1S/C9H9F4NO2S/c1-2-3-4-5(10)7(12)9(17(14,15)16)8(13)6(4)11/h2-3H2,1H3,(H2,14,15,16). The van der Waals surface area contributed by atoms with E-state index < -0.39 is 43.8 Å². The first-order chi connectivity index (χ1) is 7.71. The van der Waals surface area contributed by atoms with Crippen molar-refractivity contribution in [1.29, 1.82) is 0 Å². The van der Waals surface area contributed by atoms with Crippen LogP contribution < -0.4 is 5.14 Å². The van der Waals surface area contributed by atoms with Crippen molar-refractivity contribution >= 4 is 10.0 Å². The molecule has 2 N–H and O–H groups in total. The normalized spacial score (nSPS) is 11.9. The van der Waals surface area contributed by atoms with Crippen LogP contribution in [0.25, 0.3) is 0 Å². The Hall–Kier alpha value is -1.15. The van der Waals surface area contributed by atoms with E-state index in [1.165, 1.54) is 0 Å². The summed E-state index contributed by atoms with van der Waals surface area (Å²) in [7, 11) is -4.87. The highest BCUT2D eigenvalue weighted by molar-refractivity contribution is 7.89. The van der Waals surface area contributed by atoms with E-state index in [4.69, 9.17) is 0 Å². The van der Waals surface area contributed by atoms with Crippen LogP contribution in [0.15, 0.2) is 4.90 Å². The number of rotatable bonds is 3. The monoisotopic (exact) mass is 271 g/mol. The van der Waals surface area contributed by atoms with Crippen molar-refractivity contribution in [2.24, 2.45) is 5.14 Å². The van der Waals surface area contributed by atoms with E-state index in [1.807, 2.05) is 0 Å². The van der Waals surface area contributed by atoms with Gasteiger partial charge >= 0.3 is 0 Å². The van der Waals surface area contributed by atoms with Gasteiger partial charge in [0.05, 0.1) is 0 Å². The zero-order chi connectivity index (χ0) is 13.4. The fourth-order valence-corrected chi connectivity index (χ4v) is 2.06. The van der Waals surface area contributed by atoms with E-state index in [-0.39, 0.29) is 12.8 Å². The molecule has 0 aromatic heterocycles. The maximum Gasteiger partial charge on any atom is 0.244 e. The van der Waals surface area contributed by atoms with Crippen LogP contribution in [0.4, 0.5) is 17.6 Å². The summed E-state index contributed by atoms with van der Waals surface area (Å²) in [5, 5.41) is 4.48. The van der Waals surface area contributed by atoms with Gasteiger partial charge < -0.3 is 0 Å². The number of sulfonamides is 1. The lowest BCUT2D eigenvalue weighted by Gasteiger charge is -2.09. The molecule has 1 aromatic rings. The molecule has 0 radical (unpaired) electrons. The molecule has 1 aromatic carbocycles. The number of hydrogen-bond acceptors (Lipinski definition) is 2. The average molecular weight is 271 g/mol. The Morgan fingerprint density at radius 1 is 1.00 bits per heavy atom. The van der Waals surface area contributed by atoms with Crippen molar-refractivity contribution < 1.29 is 26.0 Å². The number of hydrogen-bond donors (Lipinski definition) is 1. The first-order valence-corrected chi connectivity index (χ1v) is 6.14. The molecule has 0 fully saturated rings. The smallest absolute Gasteiger partial charge is 0.224 e. The largest absolute Gasteiger partial charge is 0.244 e. The molecule has 0 bridgehead atoms. The Morgan fingerprint density at radius 2 is 1.41 bits per heavy atom. The van der Waals surface area contributed by atoms with Crippen LogP contribution in [0.2, 0.25) is 0 Å². The molecule has 8 heteroatoms. The van der Waals surface area contributed by atoms with Gasteiger partial charge in [-0.3, -0.25) is 0 Å². The van der Waals surface area contributed by atoms with Gasteiger partial charge in [0.1, 0.15) is 0 Å². The van der Waals surface area contributed by atoms with E-state index >= 15 is 0 Å². The molecule has 0 saturated carbocycles. The number of benzene rings is 1. The minimum Gasteiger partial charge on any atom is -0.224 e. The third kappa shape index (κ3) is 2.42. The zero-order valence-electron chi connectivity index (χ0n) is 8.73. The van der Waals surface area contributed by atoms with Crippen molar-refractivity contribution in [1.82, 2.24) is 0 Å². The third-order valence-electron chi connectivity index (χ3n) is 2.10. The van der Waals surface area contributed by atoms with Gasteiger partial charge in [-0.25, -0.2) is 31.1 Å². The van der Waals surface area contributed by atoms with Crippen LogP contribution in [0, 0.1) is 23.3 Å². The fraction of sp³-hybridized carbons (Fsp3) is 0.333. The summed E-state index contributed by atoms with van der Waals surface area (Å²) in [5.74, 6) is -7.44. The highest BCUT2D eigenvalue weighted by Gasteiger charge is 2.30. The van der Waals surface area contributed by atoms with Gasteiger partial charge in [-0.2, -0.15) is 0 Å². The predicted octanol–water partition coefficient (Wildman–Crippen LogP) is 1.84. The molecule has 0 unspecified atom stereocenters. The predicted molar refractivity (Wildman–Crippen MR) is 51.6 cm³/mol. The zero-order valence-corrected chi connectivity index (χ0v) is 9.54. The molecule has 0 saturated heterocycles. The summed E-state index contributed by atoms with van der Waals surface area (Å²) >= 11 is 0. The van der Waals surface area contributed by atoms with Crippen LogP contribution in [0.5, 0.6) is 0 Å². The lowest BCUT2D eigenvalue weighted by atomic mass is 10.1.